The van der Waals surface area contributed by atoms with E-state index in [-0.39, 0.29) is 11.3 Å². The average molecular weight is 607 g/mol. The zero-order valence-corrected chi connectivity index (χ0v) is 26.5. The van der Waals surface area contributed by atoms with E-state index in [9.17, 15) is 4.79 Å². The van der Waals surface area contributed by atoms with Gasteiger partial charge in [0.05, 0.1) is 11.0 Å². The highest BCUT2D eigenvalue weighted by molar-refractivity contribution is 6.30. The fourth-order valence-corrected chi connectivity index (χ4v) is 9.33. The van der Waals surface area contributed by atoms with Crippen molar-refractivity contribution in [2.45, 2.75) is 87.7 Å². The summed E-state index contributed by atoms with van der Waals surface area (Å²) in [6.45, 7) is 5.05. The van der Waals surface area contributed by atoms with E-state index in [0.717, 1.165) is 55.3 Å². The lowest BCUT2D eigenvalue weighted by molar-refractivity contribution is -0.134. The Morgan fingerprint density at radius 2 is 1.55 bits per heavy atom. The summed E-state index contributed by atoms with van der Waals surface area (Å²) in [7, 11) is 0. The first kappa shape index (κ1) is 28.3. The molecule has 4 fully saturated rings. The maximum atomic E-state index is 13.6. The van der Waals surface area contributed by atoms with Gasteiger partial charge in [0.25, 0.3) is 0 Å². The minimum Gasteiger partial charge on any atom is -0.342 e. The van der Waals surface area contributed by atoms with Crippen LogP contribution in [0.4, 0.5) is 0 Å². The number of carbonyl (C=O) groups is 1. The van der Waals surface area contributed by atoms with Crippen molar-refractivity contribution in [1.29, 1.82) is 0 Å². The first-order valence-electron chi connectivity index (χ1n) is 16.8. The SMILES string of the molecule is Cc1nc2ccccc2n1C1C[C@H]2CC[C@@H](C1)N2CCC1(c2ccccc2)CCN(C(=O)[C@H]2C[C@H]2c2ccc(Cl)cc2)CC1. The number of rotatable bonds is 7. The minimum absolute atomic E-state index is 0.130. The van der Waals surface area contributed by atoms with Gasteiger partial charge in [0.15, 0.2) is 0 Å². The van der Waals surface area contributed by atoms with Crippen molar-refractivity contribution < 1.29 is 4.79 Å². The molecule has 1 saturated carbocycles. The van der Waals surface area contributed by atoms with E-state index in [1.54, 1.807) is 0 Å². The second kappa shape index (κ2) is 11.3. The maximum Gasteiger partial charge on any atom is 0.226 e. The van der Waals surface area contributed by atoms with Gasteiger partial charge in [-0.3, -0.25) is 9.69 Å². The molecular formula is C38H43ClN4O. The highest BCUT2D eigenvalue weighted by Crippen LogP contribution is 2.50. The first-order chi connectivity index (χ1) is 21.5. The second-order valence-corrected chi connectivity index (χ2v) is 14.4. The van der Waals surface area contributed by atoms with Gasteiger partial charge < -0.3 is 9.47 Å². The Morgan fingerprint density at radius 1 is 0.864 bits per heavy atom. The van der Waals surface area contributed by atoms with Crippen LogP contribution in [0.2, 0.25) is 5.02 Å². The van der Waals surface area contributed by atoms with Crippen molar-refractivity contribution >= 4 is 28.5 Å². The predicted octanol–water partition coefficient (Wildman–Crippen LogP) is 7.92. The summed E-state index contributed by atoms with van der Waals surface area (Å²) < 4.78 is 2.54. The van der Waals surface area contributed by atoms with E-state index in [2.05, 4.69) is 88.0 Å². The van der Waals surface area contributed by atoms with Crippen LogP contribution in [0.1, 0.15) is 80.3 Å². The molecule has 0 N–H and O–H groups in total. The number of piperidine rings is 2. The van der Waals surface area contributed by atoms with Crippen LogP contribution in [-0.4, -0.2) is 57.0 Å². The Labute approximate surface area is 266 Å². The van der Waals surface area contributed by atoms with Crippen molar-refractivity contribution in [3.8, 4) is 0 Å². The van der Waals surface area contributed by atoms with Crippen LogP contribution in [-0.2, 0) is 10.2 Å². The van der Waals surface area contributed by atoms with Crippen LogP contribution in [0, 0.1) is 12.8 Å². The standard InChI is InChI=1S/C38H43ClN4O/c1-26-40-35-9-5-6-10-36(35)43(26)32-23-30-15-16-31(24-32)42(30)22-19-38(28-7-3-2-4-8-28)17-20-41(21-18-38)37(44)34-25-33(34)27-11-13-29(39)14-12-27/h2-14,30-34H,15-25H2,1H3/t30-,31+,32?,33-,34-/m0/s1. The van der Waals surface area contributed by atoms with Gasteiger partial charge in [-0.25, -0.2) is 4.98 Å². The molecule has 2 bridgehead atoms. The molecule has 1 aromatic heterocycles. The molecule has 44 heavy (non-hydrogen) atoms. The van der Waals surface area contributed by atoms with E-state index in [0.29, 0.717) is 30.0 Å². The fraction of sp³-hybridized carbons (Fsp3) is 0.474. The Hall–Kier alpha value is -3.15. The Balaban J connectivity index is 0.943. The molecule has 4 aromatic rings. The lowest BCUT2D eigenvalue weighted by Gasteiger charge is -2.46. The number of benzene rings is 3. The molecule has 8 rings (SSSR count). The molecule has 0 spiro atoms. The average Bonchev–Trinajstić information content (AvgIpc) is 3.72. The molecule has 4 heterocycles. The molecule has 6 heteroatoms. The summed E-state index contributed by atoms with van der Waals surface area (Å²) in [6, 6.07) is 29.7. The molecule has 4 aliphatic rings. The third-order valence-electron chi connectivity index (χ3n) is 11.7. The van der Waals surface area contributed by atoms with Crippen LogP contribution < -0.4 is 0 Å². The summed E-state index contributed by atoms with van der Waals surface area (Å²) in [5.41, 5.74) is 5.25. The van der Waals surface area contributed by atoms with Crippen molar-refractivity contribution in [3.05, 3.63) is 101 Å². The summed E-state index contributed by atoms with van der Waals surface area (Å²) in [5, 5.41) is 0.754. The van der Waals surface area contributed by atoms with Crippen molar-refractivity contribution in [2.24, 2.45) is 5.92 Å². The summed E-state index contributed by atoms with van der Waals surface area (Å²) in [6.07, 6.45) is 9.28. The summed E-state index contributed by atoms with van der Waals surface area (Å²) in [4.78, 5) is 23.5. The number of hydrogen-bond donors (Lipinski definition) is 0. The number of aromatic nitrogens is 2. The van der Waals surface area contributed by atoms with Gasteiger partial charge in [-0.1, -0.05) is 66.2 Å². The number of likely N-dealkylation sites (tertiary alicyclic amines) is 1. The van der Waals surface area contributed by atoms with E-state index < -0.39 is 0 Å². The lowest BCUT2D eigenvalue weighted by Crippen LogP contribution is -2.49. The van der Waals surface area contributed by atoms with Gasteiger partial charge in [0, 0.05) is 42.2 Å². The number of imidazole rings is 1. The molecule has 3 aliphatic heterocycles. The second-order valence-electron chi connectivity index (χ2n) is 14.0. The number of halogens is 1. The van der Waals surface area contributed by atoms with E-state index in [4.69, 9.17) is 16.6 Å². The van der Waals surface area contributed by atoms with Crippen molar-refractivity contribution in [1.82, 2.24) is 19.4 Å². The summed E-state index contributed by atoms with van der Waals surface area (Å²) in [5.74, 6) is 1.99. The molecule has 228 valence electrons. The van der Waals surface area contributed by atoms with Gasteiger partial charge in [-0.05, 0) is 112 Å². The Morgan fingerprint density at radius 3 is 2.27 bits per heavy atom. The van der Waals surface area contributed by atoms with Crippen LogP contribution in [0.5, 0.6) is 0 Å². The van der Waals surface area contributed by atoms with E-state index >= 15 is 0 Å². The van der Waals surface area contributed by atoms with E-state index in [1.165, 1.54) is 48.7 Å². The smallest absolute Gasteiger partial charge is 0.226 e. The normalized spacial score (nSPS) is 28.0. The molecule has 5 atom stereocenters. The van der Waals surface area contributed by atoms with E-state index in [1.807, 2.05) is 12.1 Å². The molecule has 3 aromatic carbocycles. The van der Waals surface area contributed by atoms with Crippen molar-refractivity contribution in [2.75, 3.05) is 19.6 Å². The molecule has 1 unspecified atom stereocenters. The van der Waals surface area contributed by atoms with Crippen LogP contribution >= 0.6 is 11.6 Å². The Kier molecular flexibility index (Phi) is 7.30. The van der Waals surface area contributed by atoms with Gasteiger partial charge in [0.2, 0.25) is 5.91 Å². The maximum absolute atomic E-state index is 13.6. The van der Waals surface area contributed by atoms with Gasteiger partial charge in [0.1, 0.15) is 5.82 Å². The first-order valence-corrected chi connectivity index (χ1v) is 17.2. The highest BCUT2D eigenvalue weighted by Gasteiger charge is 2.48. The number of nitrogens with zero attached hydrogens (tertiary/aromatic N) is 4. The monoisotopic (exact) mass is 606 g/mol. The largest absolute Gasteiger partial charge is 0.342 e. The zero-order valence-electron chi connectivity index (χ0n) is 25.7. The topological polar surface area (TPSA) is 41.4 Å². The van der Waals surface area contributed by atoms with Crippen LogP contribution in [0.25, 0.3) is 11.0 Å². The molecule has 1 aliphatic carbocycles. The van der Waals surface area contributed by atoms with Gasteiger partial charge >= 0.3 is 0 Å². The number of aryl methyl sites for hydroxylation is 1. The minimum atomic E-state index is 0.130. The zero-order chi connectivity index (χ0) is 29.8. The van der Waals surface area contributed by atoms with Crippen molar-refractivity contribution in [3.63, 3.8) is 0 Å². The van der Waals surface area contributed by atoms with Gasteiger partial charge in [-0.2, -0.15) is 0 Å². The fourth-order valence-electron chi connectivity index (χ4n) is 9.20. The Bertz CT molecular complexity index is 1630. The lowest BCUT2D eigenvalue weighted by atomic mass is 9.70. The number of carbonyl (C=O) groups excluding carboxylic acids is 1. The highest BCUT2D eigenvalue weighted by atomic mass is 35.5. The summed E-state index contributed by atoms with van der Waals surface area (Å²) >= 11 is 6.10. The number of amides is 1. The third-order valence-corrected chi connectivity index (χ3v) is 11.9. The van der Waals surface area contributed by atoms with Gasteiger partial charge in [-0.15, -0.1) is 0 Å². The molecular weight excluding hydrogens is 564 g/mol. The van der Waals surface area contributed by atoms with Crippen LogP contribution in [0.3, 0.4) is 0 Å². The van der Waals surface area contributed by atoms with Crippen LogP contribution in [0.15, 0.2) is 78.9 Å². The molecule has 3 saturated heterocycles. The number of para-hydroxylation sites is 2. The number of fused-ring (bicyclic) bond motifs is 3. The number of hydrogen-bond acceptors (Lipinski definition) is 3. The molecule has 5 nitrogen and oxygen atoms in total. The molecule has 0 radical (unpaired) electrons. The molecule has 1 amide bonds. The predicted molar refractivity (Wildman–Crippen MR) is 177 cm³/mol. The quantitative estimate of drug-likeness (QED) is 0.215. The third kappa shape index (κ3) is 5.06.